The zero-order valence-electron chi connectivity index (χ0n) is 9.78. The lowest BCUT2D eigenvalue weighted by molar-refractivity contribution is 0.394. The molecule has 2 heterocycles. The van der Waals surface area contributed by atoms with Gasteiger partial charge in [-0.3, -0.25) is 0 Å². The maximum absolute atomic E-state index is 4.56. The number of hydrogen-bond donors (Lipinski definition) is 0. The van der Waals surface area contributed by atoms with Gasteiger partial charge >= 0.3 is 0 Å². The molecule has 0 saturated heterocycles. The molecule has 0 unspecified atom stereocenters. The van der Waals surface area contributed by atoms with Gasteiger partial charge in [0.2, 0.25) is 0 Å². The van der Waals surface area contributed by atoms with Crippen molar-refractivity contribution < 1.29 is 0 Å². The highest BCUT2D eigenvalue weighted by Crippen LogP contribution is 2.14. The minimum Gasteiger partial charge on any atom is -0.304 e. The van der Waals surface area contributed by atoms with Crippen LogP contribution in [0.25, 0.3) is 5.65 Å². The van der Waals surface area contributed by atoms with Gasteiger partial charge in [-0.15, -0.1) is 0 Å². The quantitative estimate of drug-likeness (QED) is 0.744. The molecule has 0 aliphatic carbocycles. The first-order valence-corrected chi connectivity index (χ1v) is 5.17. The SMILES string of the molecule is Cc1ccn2c(CN(C)C)c(C)nc2c1. The number of hydrogen-bond acceptors (Lipinski definition) is 2. The lowest BCUT2D eigenvalue weighted by Gasteiger charge is -2.10. The van der Waals surface area contributed by atoms with E-state index < -0.39 is 0 Å². The normalized spacial score (nSPS) is 11.5. The predicted octanol–water partition coefficient (Wildman–Crippen LogP) is 2.01. The van der Waals surface area contributed by atoms with E-state index in [1.807, 2.05) is 0 Å². The zero-order valence-corrected chi connectivity index (χ0v) is 9.78. The van der Waals surface area contributed by atoms with E-state index in [9.17, 15) is 0 Å². The number of pyridine rings is 1. The zero-order chi connectivity index (χ0) is 11.0. The van der Waals surface area contributed by atoms with Gasteiger partial charge in [-0.05, 0) is 45.6 Å². The van der Waals surface area contributed by atoms with Crippen LogP contribution in [-0.2, 0) is 6.54 Å². The van der Waals surface area contributed by atoms with Gasteiger partial charge in [-0.25, -0.2) is 4.98 Å². The van der Waals surface area contributed by atoms with Gasteiger partial charge in [0.1, 0.15) is 5.65 Å². The molecule has 2 rings (SSSR count). The Balaban J connectivity index is 2.58. The van der Waals surface area contributed by atoms with Gasteiger partial charge in [0.05, 0.1) is 11.4 Å². The molecule has 0 aromatic carbocycles. The smallest absolute Gasteiger partial charge is 0.137 e. The summed E-state index contributed by atoms with van der Waals surface area (Å²) in [6, 6.07) is 4.24. The fourth-order valence-electron chi connectivity index (χ4n) is 1.80. The average Bonchev–Trinajstić information content (AvgIpc) is 2.41. The highest BCUT2D eigenvalue weighted by Gasteiger charge is 2.08. The van der Waals surface area contributed by atoms with Gasteiger partial charge in [-0.2, -0.15) is 0 Å². The minimum absolute atomic E-state index is 0.927. The van der Waals surface area contributed by atoms with Crippen molar-refractivity contribution in [1.82, 2.24) is 14.3 Å². The Labute approximate surface area is 90.4 Å². The van der Waals surface area contributed by atoms with Crippen molar-refractivity contribution in [3.8, 4) is 0 Å². The third-order valence-electron chi connectivity index (χ3n) is 2.55. The van der Waals surface area contributed by atoms with Gasteiger partial charge in [0.15, 0.2) is 0 Å². The molecule has 15 heavy (non-hydrogen) atoms. The largest absolute Gasteiger partial charge is 0.304 e. The third-order valence-corrected chi connectivity index (χ3v) is 2.55. The Morgan fingerprint density at radius 2 is 2.07 bits per heavy atom. The standard InChI is InChI=1S/C12H17N3/c1-9-5-6-15-11(8-14(3)4)10(2)13-12(15)7-9/h5-7H,8H2,1-4H3. The molecule has 80 valence electrons. The molecule has 0 bridgehead atoms. The van der Waals surface area contributed by atoms with Crippen molar-refractivity contribution in [2.75, 3.05) is 14.1 Å². The lowest BCUT2D eigenvalue weighted by Crippen LogP contribution is -2.13. The van der Waals surface area contributed by atoms with Crippen LogP contribution in [0.4, 0.5) is 0 Å². The summed E-state index contributed by atoms with van der Waals surface area (Å²) >= 11 is 0. The Morgan fingerprint density at radius 3 is 2.73 bits per heavy atom. The maximum atomic E-state index is 4.56. The molecule has 3 heteroatoms. The molecule has 3 nitrogen and oxygen atoms in total. The molecule has 0 fully saturated rings. The van der Waals surface area contributed by atoms with Crippen molar-refractivity contribution >= 4 is 5.65 Å². The van der Waals surface area contributed by atoms with Gasteiger partial charge in [0.25, 0.3) is 0 Å². The molecular formula is C12H17N3. The van der Waals surface area contributed by atoms with Gasteiger partial charge < -0.3 is 9.30 Å². The highest BCUT2D eigenvalue weighted by molar-refractivity contribution is 5.45. The van der Waals surface area contributed by atoms with Gasteiger partial charge in [0, 0.05) is 12.7 Å². The number of imidazole rings is 1. The molecule has 0 atom stereocenters. The second-order valence-electron chi connectivity index (χ2n) is 4.31. The van der Waals surface area contributed by atoms with E-state index in [1.165, 1.54) is 11.3 Å². The number of nitrogens with zero attached hydrogens (tertiary/aromatic N) is 3. The number of aryl methyl sites for hydroxylation is 2. The van der Waals surface area contributed by atoms with Crippen molar-refractivity contribution in [2.45, 2.75) is 20.4 Å². The summed E-state index contributed by atoms with van der Waals surface area (Å²) in [5.74, 6) is 0. The molecule has 0 aliphatic rings. The summed E-state index contributed by atoms with van der Waals surface area (Å²) in [5, 5.41) is 0. The minimum atomic E-state index is 0.927. The molecule has 2 aromatic rings. The molecule has 0 amide bonds. The number of aromatic nitrogens is 2. The fraction of sp³-hybridized carbons (Fsp3) is 0.417. The summed E-state index contributed by atoms with van der Waals surface area (Å²) in [6.07, 6.45) is 2.10. The summed E-state index contributed by atoms with van der Waals surface area (Å²) in [7, 11) is 4.15. The molecular weight excluding hydrogens is 186 g/mol. The van der Waals surface area contributed by atoms with E-state index >= 15 is 0 Å². The summed E-state index contributed by atoms with van der Waals surface area (Å²) in [5.41, 5.74) is 4.69. The fourth-order valence-corrected chi connectivity index (χ4v) is 1.80. The van der Waals surface area contributed by atoms with Crippen LogP contribution in [0.5, 0.6) is 0 Å². The van der Waals surface area contributed by atoms with Crippen molar-refractivity contribution in [3.05, 3.63) is 35.3 Å². The first kappa shape index (κ1) is 10.2. The predicted molar refractivity (Wildman–Crippen MR) is 62.1 cm³/mol. The number of rotatable bonds is 2. The molecule has 2 aromatic heterocycles. The van der Waals surface area contributed by atoms with E-state index in [-0.39, 0.29) is 0 Å². The van der Waals surface area contributed by atoms with Crippen LogP contribution in [0.1, 0.15) is 17.0 Å². The van der Waals surface area contributed by atoms with E-state index in [0.29, 0.717) is 0 Å². The highest BCUT2D eigenvalue weighted by atomic mass is 15.1. The molecule has 0 radical (unpaired) electrons. The average molecular weight is 203 g/mol. The molecule has 0 saturated carbocycles. The molecule has 0 N–H and O–H groups in total. The second-order valence-corrected chi connectivity index (χ2v) is 4.31. The van der Waals surface area contributed by atoms with Crippen LogP contribution in [0, 0.1) is 13.8 Å². The van der Waals surface area contributed by atoms with Crippen LogP contribution >= 0.6 is 0 Å². The Bertz CT molecular complexity index is 483. The van der Waals surface area contributed by atoms with Crippen molar-refractivity contribution in [3.63, 3.8) is 0 Å². The number of fused-ring (bicyclic) bond motifs is 1. The van der Waals surface area contributed by atoms with Crippen LogP contribution in [-0.4, -0.2) is 28.4 Å². The van der Waals surface area contributed by atoms with Crippen LogP contribution < -0.4 is 0 Å². The molecule has 0 spiro atoms. The Morgan fingerprint density at radius 1 is 1.33 bits per heavy atom. The third kappa shape index (κ3) is 1.88. The summed E-state index contributed by atoms with van der Waals surface area (Å²) < 4.78 is 2.17. The molecule has 0 aliphatic heterocycles. The second kappa shape index (κ2) is 3.66. The van der Waals surface area contributed by atoms with Crippen LogP contribution in [0.2, 0.25) is 0 Å². The first-order chi connectivity index (χ1) is 7.08. The van der Waals surface area contributed by atoms with Crippen molar-refractivity contribution in [2.24, 2.45) is 0 Å². The Kier molecular flexibility index (Phi) is 2.49. The lowest BCUT2D eigenvalue weighted by atomic mass is 10.3. The van der Waals surface area contributed by atoms with Gasteiger partial charge in [-0.1, -0.05) is 0 Å². The first-order valence-electron chi connectivity index (χ1n) is 5.17. The van der Waals surface area contributed by atoms with E-state index in [0.717, 1.165) is 17.9 Å². The monoisotopic (exact) mass is 203 g/mol. The topological polar surface area (TPSA) is 20.5 Å². The van der Waals surface area contributed by atoms with Crippen molar-refractivity contribution in [1.29, 1.82) is 0 Å². The maximum Gasteiger partial charge on any atom is 0.137 e. The van der Waals surface area contributed by atoms with E-state index in [4.69, 9.17) is 0 Å². The van der Waals surface area contributed by atoms with Crippen LogP contribution in [0.15, 0.2) is 18.3 Å². The summed E-state index contributed by atoms with van der Waals surface area (Å²) in [6.45, 7) is 5.09. The van der Waals surface area contributed by atoms with Crippen LogP contribution in [0.3, 0.4) is 0 Å². The summed E-state index contributed by atoms with van der Waals surface area (Å²) in [4.78, 5) is 6.73. The van der Waals surface area contributed by atoms with E-state index in [1.54, 1.807) is 0 Å². The van der Waals surface area contributed by atoms with E-state index in [2.05, 4.69) is 60.6 Å². The Hall–Kier alpha value is -1.35.